The van der Waals surface area contributed by atoms with Crippen LogP contribution in [0.3, 0.4) is 0 Å². The molecule has 2 aromatic carbocycles. The molecule has 4 nitrogen and oxygen atoms in total. The summed E-state index contributed by atoms with van der Waals surface area (Å²) in [5, 5.41) is 2.86. The second-order valence-corrected chi connectivity index (χ2v) is 4.45. The number of nitrogen functional groups attached to an aromatic ring is 1. The molecular weight excluding hydrogens is 283 g/mol. The first-order valence-electron chi connectivity index (χ1n) is 5.71. The molecule has 0 unspecified atom stereocenters. The van der Waals surface area contributed by atoms with E-state index >= 15 is 0 Å². The van der Waals surface area contributed by atoms with E-state index in [0.717, 1.165) is 6.07 Å². The Balaban J connectivity index is 2.27. The lowest BCUT2D eigenvalue weighted by Crippen LogP contribution is -2.14. The van der Waals surface area contributed by atoms with Crippen LogP contribution in [0.1, 0.15) is 10.4 Å². The fourth-order valence-electron chi connectivity index (χ4n) is 1.63. The van der Waals surface area contributed by atoms with Crippen LogP contribution in [0.15, 0.2) is 36.4 Å². The number of benzene rings is 2. The first-order valence-corrected chi connectivity index (χ1v) is 6.09. The zero-order valence-corrected chi connectivity index (χ0v) is 11.4. The summed E-state index contributed by atoms with van der Waals surface area (Å²) in [6.45, 7) is 0. The lowest BCUT2D eigenvalue weighted by Gasteiger charge is -2.10. The van der Waals surface area contributed by atoms with Gasteiger partial charge in [-0.2, -0.15) is 0 Å². The molecule has 0 fully saturated rings. The Kier molecular flexibility index (Phi) is 4.10. The molecule has 0 radical (unpaired) electrons. The van der Waals surface area contributed by atoms with E-state index in [1.54, 1.807) is 18.2 Å². The molecule has 104 valence electrons. The second kappa shape index (κ2) is 5.79. The molecule has 6 heteroatoms. The van der Waals surface area contributed by atoms with Crippen LogP contribution in [0.5, 0.6) is 5.75 Å². The van der Waals surface area contributed by atoms with Gasteiger partial charge in [0.1, 0.15) is 11.6 Å². The van der Waals surface area contributed by atoms with E-state index in [-0.39, 0.29) is 11.3 Å². The van der Waals surface area contributed by atoms with Gasteiger partial charge in [-0.15, -0.1) is 0 Å². The Hall–Kier alpha value is -2.27. The molecular formula is C14H12ClFN2O2. The first kappa shape index (κ1) is 14.1. The van der Waals surface area contributed by atoms with Crippen LogP contribution in [-0.4, -0.2) is 13.0 Å². The molecule has 0 aliphatic heterocycles. The maximum atomic E-state index is 13.7. The van der Waals surface area contributed by atoms with Gasteiger partial charge >= 0.3 is 0 Å². The van der Waals surface area contributed by atoms with Crippen LogP contribution in [0, 0.1) is 5.82 Å². The molecule has 2 rings (SSSR count). The fourth-order valence-corrected chi connectivity index (χ4v) is 1.80. The van der Waals surface area contributed by atoms with Crippen LogP contribution < -0.4 is 15.8 Å². The van der Waals surface area contributed by atoms with Gasteiger partial charge in [-0.05, 0) is 30.3 Å². The lowest BCUT2D eigenvalue weighted by atomic mass is 10.1. The second-order valence-electron chi connectivity index (χ2n) is 4.04. The van der Waals surface area contributed by atoms with Gasteiger partial charge in [0, 0.05) is 11.8 Å². The van der Waals surface area contributed by atoms with Gasteiger partial charge < -0.3 is 15.8 Å². The molecule has 0 aromatic heterocycles. The van der Waals surface area contributed by atoms with Crippen molar-refractivity contribution in [3.63, 3.8) is 0 Å². The SMILES string of the molecule is COc1ccc(Cl)c(NC(=O)c2ccc(N)cc2F)c1. The van der Waals surface area contributed by atoms with Gasteiger partial charge in [0.15, 0.2) is 0 Å². The van der Waals surface area contributed by atoms with Crippen molar-refractivity contribution in [1.82, 2.24) is 0 Å². The largest absolute Gasteiger partial charge is 0.497 e. The molecule has 3 N–H and O–H groups in total. The molecule has 20 heavy (non-hydrogen) atoms. The number of nitrogens with one attached hydrogen (secondary N) is 1. The number of nitrogens with two attached hydrogens (primary N) is 1. The number of anilines is 2. The van der Waals surface area contributed by atoms with Crippen molar-refractivity contribution in [1.29, 1.82) is 0 Å². The van der Waals surface area contributed by atoms with Gasteiger partial charge in [-0.1, -0.05) is 11.6 Å². The van der Waals surface area contributed by atoms with Gasteiger partial charge in [0.2, 0.25) is 0 Å². The third-order valence-corrected chi connectivity index (χ3v) is 2.99. The highest BCUT2D eigenvalue weighted by Gasteiger charge is 2.14. The number of halogens is 2. The number of amides is 1. The number of hydrogen-bond acceptors (Lipinski definition) is 3. The van der Waals surface area contributed by atoms with Crippen molar-refractivity contribution in [2.24, 2.45) is 0 Å². The molecule has 0 saturated heterocycles. The predicted molar refractivity (Wildman–Crippen MR) is 76.8 cm³/mol. The molecule has 0 saturated carbocycles. The smallest absolute Gasteiger partial charge is 0.258 e. The van der Waals surface area contributed by atoms with E-state index in [9.17, 15) is 9.18 Å². The summed E-state index contributed by atoms with van der Waals surface area (Å²) in [6, 6.07) is 8.63. The maximum absolute atomic E-state index is 13.7. The Labute approximate surface area is 120 Å². The Bertz CT molecular complexity index is 662. The van der Waals surface area contributed by atoms with Crippen LogP contribution in [-0.2, 0) is 0 Å². The first-order chi connectivity index (χ1) is 9.51. The minimum absolute atomic E-state index is 0.113. The van der Waals surface area contributed by atoms with Crippen molar-refractivity contribution in [3.8, 4) is 5.75 Å². The van der Waals surface area contributed by atoms with Crippen LogP contribution in [0.25, 0.3) is 0 Å². The molecule has 0 heterocycles. The number of carbonyl (C=O) groups excluding carboxylic acids is 1. The van der Waals surface area contributed by atoms with E-state index in [2.05, 4.69) is 5.32 Å². The fraction of sp³-hybridized carbons (Fsp3) is 0.0714. The van der Waals surface area contributed by atoms with Gasteiger partial charge in [-0.25, -0.2) is 4.39 Å². The van der Waals surface area contributed by atoms with E-state index in [1.807, 2.05) is 0 Å². The Morgan fingerprint density at radius 1 is 1.30 bits per heavy atom. The quantitative estimate of drug-likeness (QED) is 0.854. The van der Waals surface area contributed by atoms with Crippen molar-refractivity contribution < 1.29 is 13.9 Å². The molecule has 0 spiro atoms. The minimum atomic E-state index is -0.693. The summed E-state index contributed by atoms with van der Waals surface area (Å²) in [5.41, 5.74) is 5.91. The minimum Gasteiger partial charge on any atom is -0.497 e. The van der Waals surface area contributed by atoms with Crippen LogP contribution >= 0.6 is 11.6 Å². The van der Waals surface area contributed by atoms with E-state index in [0.29, 0.717) is 16.5 Å². The standard InChI is InChI=1S/C14H12ClFN2O2/c1-20-9-3-5-11(15)13(7-9)18-14(19)10-4-2-8(17)6-12(10)16/h2-7H,17H2,1H3,(H,18,19). The van der Waals surface area contributed by atoms with Crippen LogP contribution in [0.4, 0.5) is 15.8 Å². The third-order valence-electron chi connectivity index (χ3n) is 2.66. The number of methoxy groups -OCH3 is 1. The summed E-state index contributed by atoms with van der Waals surface area (Å²) in [7, 11) is 1.49. The Morgan fingerprint density at radius 3 is 2.70 bits per heavy atom. The number of carbonyl (C=O) groups is 1. The molecule has 0 atom stereocenters. The molecule has 0 aliphatic rings. The summed E-state index contributed by atoms with van der Waals surface area (Å²) >= 11 is 5.97. The normalized spacial score (nSPS) is 10.2. The summed E-state index contributed by atoms with van der Waals surface area (Å²) in [4.78, 5) is 12.0. The summed E-state index contributed by atoms with van der Waals surface area (Å²) in [5.74, 6) is -0.776. The number of rotatable bonds is 3. The van der Waals surface area contributed by atoms with Gasteiger partial charge in [0.05, 0.1) is 23.4 Å². The highest BCUT2D eigenvalue weighted by molar-refractivity contribution is 6.34. The number of hydrogen-bond donors (Lipinski definition) is 2. The highest BCUT2D eigenvalue weighted by atomic mass is 35.5. The summed E-state index contributed by atoms with van der Waals surface area (Å²) < 4.78 is 18.7. The lowest BCUT2D eigenvalue weighted by molar-refractivity contribution is 0.102. The topological polar surface area (TPSA) is 64.3 Å². The Morgan fingerprint density at radius 2 is 2.05 bits per heavy atom. The molecule has 2 aromatic rings. The summed E-state index contributed by atoms with van der Waals surface area (Å²) in [6.07, 6.45) is 0. The molecule has 0 bridgehead atoms. The average Bonchev–Trinajstić information content (AvgIpc) is 2.41. The van der Waals surface area contributed by atoms with Crippen molar-refractivity contribution in [2.45, 2.75) is 0 Å². The van der Waals surface area contributed by atoms with Gasteiger partial charge in [0.25, 0.3) is 5.91 Å². The molecule has 0 aliphatic carbocycles. The van der Waals surface area contributed by atoms with Crippen LogP contribution in [0.2, 0.25) is 5.02 Å². The third kappa shape index (κ3) is 3.00. The monoisotopic (exact) mass is 294 g/mol. The van der Waals surface area contributed by atoms with Crippen molar-refractivity contribution >= 4 is 28.9 Å². The van der Waals surface area contributed by atoms with E-state index in [4.69, 9.17) is 22.1 Å². The number of ether oxygens (including phenoxy) is 1. The zero-order chi connectivity index (χ0) is 14.7. The zero-order valence-electron chi connectivity index (χ0n) is 10.6. The maximum Gasteiger partial charge on any atom is 0.258 e. The van der Waals surface area contributed by atoms with Crippen molar-refractivity contribution in [3.05, 3.63) is 52.8 Å². The van der Waals surface area contributed by atoms with E-state index in [1.165, 1.54) is 19.2 Å². The predicted octanol–water partition coefficient (Wildman–Crippen LogP) is 3.32. The van der Waals surface area contributed by atoms with E-state index < -0.39 is 11.7 Å². The van der Waals surface area contributed by atoms with Crippen molar-refractivity contribution in [2.75, 3.05) is 18.2 Å². The highest BCUT2D eigenvalue weighted by Crippen LogP contribution is 2.27. The average molecular weight is 295 g/mol. The molecule has 1 amide bonds. The van der Waals surface area contributed by atoms with Gasteiger partial charge in [-0.3, -0.25) is 4.79 Å².